The molecule has 0 fully saturated rings. The van der Waals surface area contributed by atoms with Gasteiger partial charge in [0.25, 0.3) is 0 Å². The lowest BCUT2D eigenvalue weighted by Crippen LogP contribution is -2.05. The van der Waals surface area contributed by atoms with Crippen LogP contribution in [-0.2, 0) is 0 Å². The van der Waals surface area contributed by atoms with E-state index in [1.54, 1.807) is 17.8 Å². The van der Waals surface area contributed by atoms with Gasteiger partial charge < -0.3 is 10.5 Å². The number of aromatic nitrogens is 5. The van der Waals surface area contributed by atoms with Crippen LogP contribution < -0.4 is 10.5 Å². The Morgan fingerprint density at radius 1 is 1.00 bits per heavy atom. The van der Waals surface area contributed by atoms with Crippen LogP contribution in [0, 0.1) is 0 Å². The fourth-order valence-electron chi connectivity index (χ4n) is 3.13. The molecule has 0 aliphatic carbocycles. The second-order valence-corrected chi connectivity index (χ2v) is 8.27. The summed E-state index contributed by atoms with van der Waals surface area (Å²) in [6.45, 7) is 0. The van der Waals surface area contributed by atoms with E-state index in [2.05, 4.69) is 31.2 Å². The van der Waals surface area contributed by atoms with Crippen LogP contribution >= 0.6 is 27.3 Å². The molecule has 0 aliphatic heterocycles. The molecular formula is C21H15BrN6OS. The zero-order valence-electron chi connectivity index (χ0n) is 15.8. The summed E-state index contributed by atoms with van der Waals surface area (Å²) in [6.07, 6.45) is 1.74. The minimum absolute atomic E-state index is 0.400. The number of thiazole rings is 1. The van der Waals surface area contributed by atoms with Crippen molar-refractivity contribution in [2.75, 3.05) is 12.8 Å². The zero-order valence-corrected chi connectivity index (χ0v) is 18.2. The molecule has 0 saturated carbocycles. The van der Waals surface area contributed by atoms with E-state index in [0.29, 0.717) is 22.2 Å². The third kappa shape index (κ3) is 3.21. The molecule has 5 aromatic rings. The van der Waals surface area contributed by atoms with Crippen LogP contribution in [0.15, 0.2) is 64.6 Å². The number of anilines is 1. The number of nitrogens with two attached hydrogens (primary N) is 1. The molecule has 30 heavy (non-hydrogen) atoms. The number of ether oxygens (including phenoxy) is 1. The molecule has 2 N–H and O–H groups in total. The van der Waals surface area contributed by atoms with Crippen molar-refractivity contribution in [1.82, 2.24) is 24.8 Å². The van der Waals surface area contributed by atoms with Gasteiger partial charge in [0.05, 0.1) is 19.0 Å². The maximum atomic E-state index is 6.39. The highest BCUT2D eigenvalue weighted by molar-refractivity contribution is 9.10. The van der Waals surface area contributed by atoms with Crippen molar-refractivity contribution in [3.63, 3.8) is 0 Å². The summed E-state index contributed by atoms with van der Waals surface area (Å²) in [5.41, 5.74) is 11.2. The van der Waals surface area contributed by atoms with Gasteiger partial charge in [-0.15, -0.1) is 21.5 Å². The van der Waals surface area contributed by atoms with Crippen LogP contribution in [0.3, 0.4) is 0 Å². The average Bonchev–Trinajstić information content (AvgIpc) is 3.43. The Balaban J connectivity index is 1.54. The minimum Gasteiger partial charge on any atom is -0.497 e. The lowest BCUT2D eigenvalue weighted by Gasteiger charge is -2.04. The Kier molecular flexibility index (Phi) is 4.68. The third-order valence-corrected chi connectivity index (χ3v) is 6.08. The number of benzene rings is 2. The van der Waals surface area contributed by atoms with E-state index in [4.69, 9.17) is 15.5 Å². The van der Waals surface area contributed by atoms with E-state index in [0.717, 1.165) is 32.6 Å². The molecule has 0 saturated heterocycles. The van der Waals surface area contributed by atoms with Crippen molar-refractivity contribution < 1.29 is 4.74 Å². The van der Waals surface area contributed by atoms with Crippen molar-refractivity contribution in [3.05, 3.63) is 64.6 Å². The predicted molar refractivity (Wildman–Crippen MR) is 121 cm³/mol. The molecule has 0 aliphatic rings. The molecule has 0 spiro atoms. The second kappa shape index (κ2) is 7.51. The molecule has 9 heteroatoms. The van der Waals surface area contributed by atoms with Gasteiger partial charge >= 0.3 is 0 Å². The summed E-state index contributed by atoms with van der Waals surface area (Å²) in [5, 5.41) is 15.9. The van der Waals surface area contributed by atoms with Gasteiger partial charge in [0, 0.05) is 21.0 Å². The number of hydrogen-bond acceptors (Lipinski definition) is 7. The monoisotopic (exact) mass is 478 g/mol. The maximum absolute atomic E-state index is 6.39. The number of hydrogen-bond donors (Lipinski definition) is 1. The van der Waals surface area contributed by atoms with Gasteiger partial charge in [-0.25, -0.2) is 4.98 Å². The number of halogens is 1. The highest BCUT2D eigenvalue weighted by Gasteiger charge is 2.18. The first kappa shape index (κ1) is 18.7. The van der Waals surface area contributed by atoms with E-state index in [-0.39, 0.29) is 0 Å². The standard InChI is InChI=1S/C21H15BrN6OS/c1-29-15-8-4-12(5-9-15)16-10-24-28-19(23)18(26-27-20(16)28)21-25-17(11-30-21)13-2-6-14(22)7-3-13/h2-11H,23H2,1H3. The van der Waals surface area contributed by atoms with Gasteiger partial charge in [0.2, 0.25) is 0 Å². The smallest absolute Gasteiger partial charge is 0.187 e. The number of nitrogen functional groups attached to an aromatic ring is 1. The predicted octanol–water partition coefficient (Wildman–Crippen LogP) is 4.94. The van der Waals surface area contributed by atoms with E-state index in [9.17, 15) is 0 Å². The third-order valence-electron chi connectivity index (χ3n) is 4.71. The van der Waals surface area contributed by atoms with Gasteiger partial charge in [0.15, 0.2) is 17.2 Å². The van der Waals surface area contributed by atoms with Gasteiger partial charge in [0.1, 0.15) is 10.8 Å². The lowest BCUT2D eigenvalue weighted by molar-refractivity contribution is 0.415. The molecule has 3 heterocycles. The molecule has 0 amide bonds. The molecule has 2 aromatic carbocycles. The van der Waals surface area contributed by atoms with Crippen molar-refractivity contribution in [2.24, 2.45) is 0 Å². The Labute approximate surface area is 184 Å². The Morgan fingerprint density at radius 3 is 2.47 bits per heavy atom. The highest BCUT2D eigenvalue weighted by atomic mass is 79.9. The van der Waals surface area contributed by atoms with Gasteiger partial charge in [-0.2, -0.15) is 9.61 Å². The van der Waals surface area contributed by atoms with E-state index in [1.807, 2.05) is 53.9 Å². The molecule has 7 nitrogen and oxygen atoms in total. The number of fused-ring (bicyclic) bond motifs is 1. The molecule has 0 radical (unpaired) electrons. The molecule has 0 unspecified atom stereocenters. The molecule has 0 bridgehead atoms. The maximum Gasteiger partial charge on any atom is 0.187 e. The summed E-state index contributed by atoms with van der Waals surface area (Å²) in [5.74, 6) is 1.19. The lowest BCUT2D eigenvalue weighted by atomic mass is 10.1. The first-order valence-corrected chi connectivity index (χ1v) is 10.7. The normalized spacial score (nSPS) is 11.1. The SMILES string of the molecule is COc1ccc(-c2cnn3c(N)c(-c4nc(-c5ccc(Br)cc5)cs4)nnc23)cc1. The van der Waals surface area contributed by atoms with Gasteiger partial charge in [-0.3, -0.25) is 0 Å². The quantitative estimate of drug-likeness (QED) is 0.393. The number of methoxy groups -OCH3 is 1. The molecule has 148 valence electrons. The second-order valence-electron chi connectivity index (χ2n) is 6.50. The fraction of sp³-hybridized carbons (Fsp3) is 0.0476. The van der Waals surface area contributed by atoms with E-state index >= 15 is 0 Å². The molecular weight excluding hydrogens is 464 g/mol. The summed E-state index contributed by atoms with van der Waals surface area (Å²) in [4.78, 5) is 4.70. The van der Waals surface area contributed by atoms with Crippen molar-refractivity contribution in [3.8, 4) is 38.8 Å². The van der Waals surface area contributed by atoms with Crippen molar-refractivity contribution >= 4 is 38.7 Å². The van der Waals surface area contributed by atoms with Gasteiger partial charge in [-0.05, 0) is 29.8 Å². The zero-order chi connectivity index (χ0) is 20.7. The molecule has 5 rings (SSSR count). The molecule has 3 aromatic heterocycles. The summed E-state index contributed by atoms with van der Waals surface area (Å²) >= 11 is 4.92. The van der Waals surface area contributed by atoms with Crippen molar-refractivity contribution in [1.29, 1.82) is 0 Å². The highest BCUT2D eigenvalue weighted by Crippen LogP contribution is 2.33. The van der Waals surface area contributed by atoms with Gasteiger partial charge in [-0.1, -0.05) is 40.2 Å². The van der Waals surface area contributed by atoms with Crippen molar-refractivity contribution in [2.45, 2.75) is 0 Å². The van der Waals surface area contributed by atoms with Crippen LogP contribution in [0.1, 0.15) is 0 Å². The van der Waals surface area contributed by atoms with E-state index in [1.165, 1.54) is 11.3 Å². The largest absolute Gasteiger partial charge is 0.497 e. The van der Waals surface area contributed by atoms with Crippen LogP contribution in [0.5, 0.6) is 5.75 Å². The average molecular weight is 479 g/mol. The molecule has 0 atom stereocenters. The number of nitrogens with zero attached hydrogens (tertiary/aromatic N) is 5. The van der Waals surface area contributed by atoms with E-state index < -0.39 is 0 Å². The summed E-state index contributed by atoms with van der Waals surface area (Å²) in [6, 6.07) is 15.7. The minimum atomic E-state index is 0.400. The van der Waals surface area contributed by atoms with Crippen LogP contribution in [0.2, 0.25) is 0 Å². The Morgan fingerprint density at radius 2 is 1.73 bits per heavy atom. The fourth-order valence-corrected chi connectivity index (χ4v) is 4.21. The Bertz CT molecular complexity index is 1340. The summed E-state index contributed by atoms with van der Waals surface area (Å²) in [7, 11) is 1.64. The van der Waals surface area contributed by atoms with Crippen LogP contribution in [0.25, 0.3) is 38.7 Å². The topological polar surface area (TPSA) is 91.2 Å². The first-order valence-electron chi connectivity index (χ1n) is 9.00. The van der Waals surface area contributed by atoms with Crippen LogP contribution in [-0.4, -0.2) is 31.9 Å². The first-order chi connectivity index (χ1) is 14.6. The Hall–Kier alpha value is -3.30. The number of rotatable bonds is 4. The summed E-state index contributed by atoms with van der Waals surface area (Å²) < 4.78 is 7.84. The van der Waals surface area contributed by atoms with Crippen LogP contribution in [0.4, 0.5) is 5.82 Å².